The van der Waals surface area contributed by atoms with Gasteiger partial charge in [0.2, 0.25) is 0 Å². The van der Waals surface area contributed by atoms with Crippen molar-refractivity contribution in [2.24, 2.45) is 28.6 Å². The standard InChI is InChI=1S/C20H32O8.Na/c1-6-19(4,5)14(28-11-21)10-27-17(24)15(12(2)3)13(16(22)23)9-20(7-8-20)18(25)26;/h11-15H,6-10H2,1-5H3,(H,22,23)(H,25,26);/q;+1/p-1. The van der Waals surface area contributed by atoms with Crippen LogP contribution in [0.5, 0.6) is 0 Å². The van der Waals surface area contributed by atoms with Gasteiger partial charge in [0, 0.05) is 17.3 Å². The Hall–Kier alpha value is -1.12. The number of carbonyl (C=O) groups excluding carboxylic acids is 3. The van der Waals surface area contributed by atoms with E-state index in [2.05, 4.69) is 0 Å². The first kappa shape index (κ1) is 27.9. The zero-order valence-electron chi connectivity index (χ0n) is 18.2. The van der Waals surface area contributed by atoms with E-state index in [1.54, 1.807) is 13.8 Å². The number of carboxylic acids is 2. The van der Waals surface area contributed by atoms with Crippen molar-refractivity contribution in [2.45, 2.75) is 66.4 Å². The van der Waals surface area contributed by atoms with Crippen molar-refractivity contribution >= 4 is 24.4 Å². The summed E-state index contributed by atoms with van der Waals surface area (Å²) in [7, 11) is 0. The van der Waals surface area contributed by atoms with Crippen molar-refractivity contribution in [3.8, 4) is 0 Å². The molecule has 1 rings (SSSR count). The average Bonchev–Trinajstić information content (AvgIpc) is 3.38. The summed E-state index contributed by atoms with van der Waals surface area (Å²) in [6, 6.07) is 0. The number of hydrogen-bond acceptors (Lipinski definition) is 7. The SMILES string of the molecule is CCC(C)(C)C(COC(=O)C(C(C)C)C(CC1(C(=O)O)CC1)C(=O)[O-])OC=O.[Na+]. The zero-order chi connectivity index (χ0) is 21.7. The van der Waals surface area contributed by atoms with Gasteiger partial charge < -0.3 is 24.5 Å². The van der Waals surface area contributed by atoms with Crippen molar-refractivity contribution in [2.75, 3.05) is 6.61 Å². The Morgan fingerprint density at radius 1 is 1.24 bits per heavy atom. The molecule has 0 bridgehead atoms. The molecule has 0 amide bonds. The maximum atomic E-state index is 12.7. The number of carboxylic acid groups (broad SMARTS) is 2. The molecule has 3 unspecified atom stereocenters. The first-order valence-electron chi connectivity index (χ1n) is 9.62. The van der Waals surface area contributed by atoms with Crippen molar-refractivity contribution in [1.29, 1.82) is 0 Å². The van der Waals surface area contributed by atoms with Crippen molar-refractivity contribution in [3.63, 3.8) is 0 Å². The van der Waals surface area contributed by atoms with Crippen LogP contribution in [-0.4, -0.2) is 42.2 Å². The smallest absolute Gasteiger partial charge is 0.550 e. The molecular formula is C20H31NaO8. The van der Waals surface area contributed by atoms with E-state index in [9.17, 15) is 29.4 Å². The maximum Gasteiger partial charge on any atom is 1.00 e. The fourth-order valence-corrected chi connectivity index (χ4v) is 3.33. The van der Waals surface area contributed by atoms with Crippen LogP contribution in [0.3, 0.4) is 0 Å². The molecule has 0 heterocycles. The molecule has 1 aliphatic carbocycles. The summed E-state index contributed by atoms with van der Waals surface area (Å²) in [5, 5.41) is 21.1. The van der Waals surface area contributed by atoms with E-state index in [4.69, 9.17) is 9.47 Å². The van der Waals surface area contributed by atoms with Gasteiger partial charge in [0.05, 0.1) is 11.3 Å². The van der Waals surface area contributed by atoms with Gasteiger partial charge >= 0.3 is 41.5 Å². The molecule has 29 heavy (non-hydrogen) atoms. The summed E-state index contributed by atoms with van der Waals surface area (Å²) < 4.78 is 10.4. The molecule has 0 radical (unpaired) electrons. The van der Waals surface area contributed by atoms with Crippen LogP contribution in [0.4, 0.5) is 0 Å². The molecule has 0 aromatic heterocycles. The summed E-state index contributed by atoms with van der Waals surface area (Å²) >= 11 is 0. The molecule has 0 aromatic rings. The van der Waals surface area contributed by atoms with Gasteiger partial charge in [0.1, 0.15) is 12.7 Å². The number of ether oxygens (including phenoxy) is 2. The largest absolute Gasteiger partial charge is 1.00 e. The Bertz CT molecular complexity index is 597. The van der Waals surface area contributed by atoms with E-state index in [0.717, 1.165) is 0 Å². The predicted molar refractivity (Wildman–Crippen MR) is 96.7 cm³/mol. The predicted octanol–water partition coefficient (Wildman–Crippen LogP) is -1.60. The van der Waals surface area contributed by atoms with Crippen molar-refractivity contribution < 1.29 is 68.4 Å². The van der Waals surface area contributed by atoms with Crippen LogP contribution in [0.1, 0.15) is 60.3 Å². The molecule has 0 aliphatic heterocycles. The zero-order valence-corrected chi connectivity index (χ0v) is 20.2. The second kappa shape index (κ2) is 11.3. The summed E-state index contributed by atoms with van der Waals surface area (Å²) in [5.74, 6) is -5.99. The molecule has 9 heteroatoms. The van der Waals surface area contributed by atoms with Gasteiger partial charge in [-0.15, -0.1) is 0 Å². The molecule has 1 saturated carbocycles. The Morgan fingerprint density at radius 2 is 1.79 bits per heavy atom. The topological polar surface area (TPSA) is 130 Å². The number of aliphatic carboxylic acids is 2. The maximum absolute atomic E-state index is 12.7. The van der Waals surface area contributed by atoms with E-state index in [-0.39, 0.29) is 42.6 Å². The van der Waals surface area contributed by atoms with Gasteiger partial charge in [-0.1, -0.05) is 34.6 Å². The van der Waals surface area contributed by atoms with Crippen molar-refractivity contribution in [1.82, 2.24) is 0 Å². The third kappa shape index (κ3) is 7.26. The van der Waals surface area contributed by atoms with E-state index in [0.29, 0.717) is 25.7 Å². The molecule has 160 valence electrons. The van der Waals surface area contributed by atoms with Gasteiger partial charge in [0.25, 0.3) is 6.47 Å². The van der Waals surface area contributed by atoms with Gasteiger partial charge in [0.15, 0.2) is 0 Å². The Kier molecular flexibility index (Phi) is 10.9. The fraction of sp³-hybridized carbons (Fsp3) is 0.800. The summed E-state index contributed by atoms with van der Waals surface area (Å²) in [6.45, 7) is 9.09. The third-order valence-electron chi connectivity index (χ3n) is 6.02. The second-order valence-corrected chi connectivity index (χ2v) is 8.68. The van der Waals surface area contributed by atoms with Crippen LogP contribution in [0.2, 0.25) is 0 Å². The molecule has 0 spiro atoms. The number of carbonyl (C=O) groups is 4. The minimum absolute atomic E-state index is 0. The molecule has 1 fully saturated rings. The minimum Gasteiger partial charge on any atom is -0.550 e. The molecule has 0 saturated heterocycles. The van der Waals surface area contributed by atoms with E-state index in [1.165, 1.54) is 0 Å². The molecule has 8 nitrogen and oxygen atoms in total. The number of rotatable bonds is 13. The Balaban J connectivity index is 0.00000784. The van der Waals surface area contributed by atoms with E-state index >= 15 is 0 Å². The van der Waals surface area contributed by atoms with Crippen LogP contribution in [0.15, 0.2) is 0 Å². The van der Waals surface area contributed by atoms with Crippen LogP contribution in [-0.2, 0) is 28.7 Å². The normalized spacial score (nSPS) is 18.0. The van der Waals surface area contributed by atoms with Gasteiger partial charge in [-0.3, -0.25) is 14.4 Å². The first-order chi connectivity index (χ1) is 12.9. The Labute approximate surface area is 194 Å². The molecule has 1 aliphatic rings. The average molecular weight is 422 g/mol. The van der Waals surface area contributed by atoms with E-state index < -0.39 is 52.6 Å². The summed E-state index contributed by atoms with van der Waals surface area (Å²) in [6.07, 6.45) is 0.580. The van der Waals surface area contributed by atoms with E-state index in [1.807, 2.05) is 20.8 Å². The Morgan fingerprint density at radius 3 is 2.14 bits per heavy atom. The van der Waals surface area contributed by atoms with Crippen LogP contribution < -0.4 is 34.7 Å². The quantitative estimate of drug-likeness (QED) is 0.213. The number of hydrogen-bond donors (Lipinski definition) is 1. The number of esters is 1. The third-order valence-corrected chi connectivity index (χ3v) is 6.02. The molecule has 3 atom stereocenters. The van der Waals surface area contributed by atoms with Gasteiger partial charge in [-0.05, 0) is 31.6 Å². The first-order valence-corrected chi connectivity index (χ1v) is 9.62. The van der Waals surface area contributed by atoms with Crippen LogP contribution >= 0.6 is 0 Å². The van der Waals surface area contributed by atoms with Gasteiger partial charge in [-0.2, -0.15) is 0 Å². The monoisotopic (exact) mass is 422 g/mol. The van der Waals surface area contributed by atoms with Crippen LogP contribution in [0.25, 0.3) is 0 Å². The van der Waals surface area contributed by atoms with Crippen LogP contribution in [0, 0.1) is 28.6 Å². The summed E-state index contributed by atoms with van der Waals surface area (Å²) in [5.41, 5.74) is -1.55. The minimum atomic E-state index is -1.46. The van der Waals surface area contributed by atoms with Gasteiger partial charge in [-0.25, -0.2) is 0 Å². The second-order valence-electron chi connectivity index (χ2n) is 8.68. The molecule has 1 N–H and O–H groups in total. The van der Waals surface area contributed by atoms with Crippen molar-refractivity contribution in [3.05, 3.63) is 0 Å². The summed E-state index contributed by atoms with van der Waals surface area (Å²) in [4.78, 5) is 46.7. The molecular weight excluding hydrogens is 391 g/mol. The fourth-order valence-electron chi connectivity index (χ4n) is 3.33. The molecule has 0 aromatic carbocycles.